The second-order valence-electron chi connectivity index (χ2n) is 4.41. The maximum absolute atomic E-state index is 11.0. The predicted molar refractivity (Wildman–Crippen MR) is 75.2 cm³/mol. The molecule has 0 aliphatic carbocycles. The molecule has 0 radical (unpaired) electrons. The van der Waals surface area contributed by atoms with Gasteiger partial charge in [-0.15, -0.1) is 0 Å². The summed E-state index contributed by atoms with van der Waals surface area (Å²) in [5.74, 6) is 0. The Morgan fingerprint density at radius 1 is 1.22 bits per heavy atom. The van der Waals surface area contributed by atoms with E-state index < -0.39 is 10.0 Å². The van der Waals surface area contributed by atoms with Crippen LogP contribution in [0.15, 0.2) is 24.3 Å². The molecule has 5 nitrogen and oxygen atoms in total. The van der Waals surface area contributed by atoms with Gasteiger partial charge in [0.05, 0.1) is 6.26 Å². The molecule has 0 amide bonds. The zero-order valence-electron chi connectivity index (χ0n) is 10.9. The number of nitrogens with zero attached hydrogens (tertiary/aromatic N) is 1. The fourth-order valence-electron chi connectivity index (χ4n) is 1.61. The number of hydrogen-bond donors (Lipinski definition) is 2. The van der Waals surface area contributed by atoms with Gasteiger partial charge in [-0.2, -0.15) is 0 Å². The molecule has 0 aliphatic rings. The Kier molecular flexibility index (Phi) is 5.58. The molecule has 0 unspecified atom stereocenters. The third-order valence-corrected chi connectivity index (χ3v) is 3.16. The van der Waals surface area contributed by atoms with Crippen LogP contribution in [-0.2, 0) is 16.4 Å². The molecule has 0 heterocycles. The lowest BCUT2D eigenvalue weighted by atomic mass is 10.1. The van der Waals surface area contributed by atoms with Gasteiger partial charge in [0.15, 0.2) is 0 Å². The lowest BCUT2D eigenvalue weighted by Crippen LogP contribution is -2.27. The van der Waals surface area contributed by atoms with Crippen LogP contribution in [0.1, 0.15) is 5.56 Å². The minimum atomic E-state index is -3.20. The van der Waals surface area contributed by atoms with Crippen LogP contribution >= 0.6 is 0 Å². The molecule has 0 aromatic heterocycles. The topological polar surface area (TPSA) is 75.4 Å². The van der Waals surface area contributed by atoms with Gasteiger partial charge in [-0.3, -0.25) is 4.72 Å². The van der Waals surface area contributed by atoms with Crippen molar-refractivity contribution in [3.63, 3.8) is 0 Å². The molecule has 3 N–H and O–H groups in total. The van der Waals surface area contributed by atoms with E-state index in [-0.39, 0.29) is 0 Å². The maximum Gasteiger partial charge on any atom is 0.229 e. The normalized spacial score (nSPS) is 11.8. The molecular weight excluding hydrogens is 250 g/mol. The minimum Gasteiger partial charge on any atom is -0.329 e. The van der Waals surface area contributed by atoms with E-state index in [1.807, 2.05) is 19.2 Å². The number of sulfonamides is 1. The van der Waals surface area contributed by atoms with Gasteiger partial charge in [0.1, 0.15) is 0 Å². The van der Waals surface area contributed by atoms with Gasteiger partial charge in [0, 0.05) is 25.3 Å². The largest absolute Gasteiger partial charge is 0.329 e. The number of likely N-dealkylation sites (N-methyl/N-ethyl adjacent to an activating group) is 1. The highest BCUT2D eigenvalue weighted by molar-refractivity contribution is 7.92. The molecule has 0 saturated carbocycles. The first kappa shape index (κ1) is 14.9. The highest BCUT2D eigenvalue weighted by atomic mass is 32.2. The van der Waals surface area contributed by atoms with E-state index in [1.165, 1.54) is 5.56 Å². The number of nitrogens with one attached hydrogen (secondary N) is 1. The number of anilines is 1. The summed E-state index contributed by atoms with van der Waals surface area (Å²) < 4.78 is 24.5. The number of nitrogens with two attached hydrogens (primary N) is 1. The average Bonchev–Trinajstić information content (AvgIpc) is 2.26. The van der Waals surface area contributed by atoms with Gasteiger partial charge in [-0.25, -0.2) is 8.42 Å². The molecule has 1 aromatic carbocycles. The van der Waals surface area contributed by atoms with Crippen molar-refractivity contribution in [2.75, 3.05) is 37.7 Å². The maximum atomic E-state index is 11.0. The van der Waals surface area contributed by atoms with Gasteiger partial charge in [0.2, 0.25) is 10.0 Å². The first-order chi connectivity index (χ1) is 8.40. The molecule has 6 heteroatoms. The molecule has 18 heavy (non-hydrogen) atoms. The van der Waals surface area contributed by atoms with E-state index >= 15 is 0 Å². The van der Waals surface area contributed by atoms with Crippen LogP contribution in [0.2, 0.25) is 0 Å². The van der Waals surface area contributed by atoms with Crippen LogP contribution in [-0.4, -0.2) is 46.3 Å². The average molecular weight is 271 g/mol. The van der Waals surface area contributed by atoms with Gasteiger partial charge in [-0.05, 0) is 31.2 Å². The van der Waals surface area contributed by atoms with E-state index in [9.17, 15) is 8.42 Å². The third-order valence-electron chi connectivity index (χ3n) is 2.55. The molecule has 0 spiro atoms. The van der Waals surface area contributed by atoms with Crippen molar-refractivity contribution in [3.8, 4) is 0 Å². The standard InChI is InChI=1S/C12H21N3O2S/c1-15(10-8-13)9-7-11-3-5-12(6-4-11)14-18(2,16)17/h3-6,14H,7-10,13H2,1-2H3. The number of rotatable bonds is 7. The Labute approximate surface area is 109 Å². The molecule has 0 aliphatic heterocycles. The zero-order valence-corrected chi connectivity index (χ0v) is 11.7. The number of hydrogen-bond acceptors (Lipinski definition) is 4. The predicted octanol–water partition coefficient (Wildman–Crippen LogP) is 0.491. The van der Waals surface area contributed by atoms with Crippen LogP contribution in [0.4, 0.5) is 5.69 Å². The van der Waals surface area contributed by atoms with Crippen molar-refractivity contribution in [1.82, 2.24) is 4.90 Å². The Morgan fingerprint density at radius 2 is 1.83 bits per heavy atom. The first-order valence-corrected chi connectivity index (χ1v) is 7.75. The summed E-state index contributed by atoms with van der Waals surface area (Å²) in [6, 6.07) is 7.42. The SMILES string of the molecule is CN(CCN)CCc1ccc(NS(C)(=O)=O)cc1. The van der Waals surface area contributed by atoms with Gasteiger partial charge in [-0.1, -0.05) is 12.1 Å². The van der Waals surface area contributed by atoms with Crippen molar-refractivity contribution in [3.05, 3.63) is 29.8 Å². The van der Waals surface area contributed by atoms with E-state index in [2.05, 4.69) is 9.62 Å². The van der Waals surface area contributed by atoms with Crippen LogP contribution in [0.25, 0.3) is 0 Å². The smallest absolute Gasteiger partial charge is 0.229 e. The number of benzene rings is 1. The summed E-state index contributed by atoms with van der Waals surface area (Å²) in [6.07, 6.45) is 2.07. The van der Waals surface area contributed by atoms with Gasteiger partial charge < -0.3 is 10.6 Å². The fraction of sp³-hybridized carbons (Fsp3) is 0.500. The lowest BCUT2D eigenvalue weighted by molar-refractivity contribution is 0.348. The van der Waals surface area contributed by atoms with E-state index in [0.717, 1.165) is 25.8 Å². The zero-order chi connectivity index (χ0) is 13.6. The second kappa shape index (κ2) is 6.72. The fourth-order valence-corrected chi connectivity index (χ4v) is 2.17. The molecule has 102 valence electrons. The summed E-state index contributed by atoms with van der Waals surface area (Å²) >= 11 is 0. The van der Waals surface area contributed by atoms with Gasteiger partial charge in [0.25, 0.3) is 0 Å². The Morgan fingerprint density at radius 3 is 2.33 bits per heavy atom. The van der Waals surface area contributed by atoms with Crippen molar-refractivity contribution in [2.24, 2.45) is 5.73 Å². The molecule has 1 aromatic rings. The summed E-state index contributed by atoms with van der Waals surface area (Å²) in [7, 11) is -1.16. The Hall–Kier alpha value is -1.11. The van der Waals surface area contributed by atoms with Gasteiger partial charge >= 0.3 is 0 Å². The lowest BCUT2D eigenvalue weighted by Gasteiger charge is -2.15. The second-order valence-corrected chi connectivity index (χ2v) is 6.16. The summed E-state index contributed by atoms with van der Waals surface area (Å²) in [5, 5.41) is 0. The molecule has 1 rings (SSSR count). The highest BCUT2D eigenvalue weighted by Gasteiger charge is 2.02. The van der Waals surface area contributed by atoms with Crippen molar-refractivity contribution >= 4 is 15.7 Å². The van der Waals surface area contributed by atoms with E-state index in [0.29, 0.717) is 12.2 Å². The summed E-state index contributed by atoms with van der Waals surface area (Å²) in [5.41, 5.74) is 7.24. The molecule has 0 saturated heterocycles. The minimum absolute atomic E-state index is 0.594. The van der Waals surface area contributed by atoms with Crippen molar-refractivity contribution < 1.29 is 8.42 Å². The molecule has 0 atom stereocenters. The highest BCUT2D eigenvalue weighted by Crippen LogP contribution is 2.11. The van der Waals surface area contributed by atoms with Crippen LogP contribution in [0, 0.1) is 0 Å². The Bertz CT molecular complexity index is 457. The van der Waals surface area contributed by atoms with Crippen LogP contribution in [0.5, 0.6) is 0 Å². The quantitative estimate of drug-likeness (QED) is 0.757. The molecule has 0 fully saturated rings. The monoisotopic (exact) mass is 271 g/mol. The van der Waals surface area contributed by atoms with E-state index in [1.54, 1.807) is 12.1 Å². The Balaban J connectivity index is 2.50. The van der Waals surface area contributed by atoms with Crippen LogP contribution in [0.3, 0.4) is 0 Å². The van der Waals surface area contributed by atoms with E-state index in [4.69, 9.17) is 5.73 Å². The summed E-state index contributed by atoms with van der Waals surface area (Å²) in [6.45, 7) is 2.48. The third kappa shape index (κ3) is 6.00. The molecular formula is C12H21N3O2S. The molecule has 0 bridgehead atoms. The van der Waals surface area contributed by atoms with Crippen molar-refractivity contribution in [2.45, 2.75) is 6.42 Å². The van der Waals surface area contributed by atoms with Crippen molar-refractivity contribution in [1.29, 1.82) is 0 Å². The van der Waals surface area contributed by atoms with Crippen LogP contribution < -0.4 is 10.5 Å². The first-order valence-electron chi connectivity index (χ1n) is 5.86. The summed E-state index contributed by atoms with van der Waals surface area (Å²) in [4.78, 5) is 2.17.